The summed E-state index contributed by atoms with van der Waals surface area (Å²) in [6, 6.07) is 19.0. The highest BCUT2D eigenvalue weighted by atomic mass is 35.5. The van der Waals surface area contributed by atoms with E-state index in [1.165, 1.54) is 11.8 Å². The number of halogens is 1. The molecule has 0 radical (unpaired) electrons. The molecule has 1 amide bonds. The number of hydrazone groups is 1. The first-order valence-electron chi connectivity index (χ1n) is 9.34. The Labute approximate surface area is 186 Å². The van der Waals surface area contributed by atoms with Crippen molar-refractivity contribution in [1.29, 1.82) is 0 Å². The zero-order chi connectivity index (χ0) is 20.5. The molecule has 0 bridgehead atoms. The number of amides is 1. The quantitative estimate of drug-likeness (QED) is 0.347. The van der Waals surface area contributed by atoms with Gasteiger partial charge in [-0.3, -0.25) is 4.79 Å². The third kappa shape index (κ3) is 3.88. The largest absolute Gasteiger partial charge is 0.463 e. The van der Waals surface area contributed by atoms with Gasteiger partial charge in [0.2, 0.25) is 0 Å². The summed E-state index contributed by atoms with van der Waals surface area (Å²) in [6.45, 7) is 0. The van der Waals surface area contributed by atoms with Crippen LogP contribution in [-0.4, -0.2) is 27.4 Å². The third-order valence-electron chi connectivity index (χ3n) is 4.82. The molecule has 30 heavy (non-hydrogen) atoms. The van der Waals surface area contributed by atoms with Gasteiger partial charge in [0.05, 0.1) is 28.3 Å². The van der Waals surface area contributed by atoms with Gasteiger partial charge in [0.1, 0.15) is 11.5 Å². The molecule has 1 aliphatic rings. The van der Waals surface area contributed by atoms with Crippen molar-refractivity contribution in [2.45, 2.75) is 16.8 Å². The zero-order valence-corrected chi connectivity index (χ0v) is 18.1. The summed E-state index contributed by atoms with van der Waals surface area (Å²) in [5.74, 6) is 0.877. The highest BCUT2D eigenvalue weighted by molar-refractivity contribution is 8.01. The number of fused-ring (bicyclic) bond motifs is 1. The summed E-state index contributed by atoms with van der Waals surface area (Å²) in [4.78, 5) is 17.7. The van der Waals surface area contributed by atoms with Gasteiger partial charge >= 0.3 is 0 Å². The van der Waals surface area contributed by atoms with Gasteiger partial charge in [-0.25, -0.2) is 9.99 Å². The Morgan fingerprint density at radius 2 is 2.00 bits per heavy atom. The molecule has 5 rings (SSSR count). The average Bonchev–Trinajstić information content (AvgIpc) is 3.51. The summed E-state index contributed by atoms with van der Waals surface area (Å²) in [5, 5.41) is 6.84. The molecule has 3 heterocycles. The number of benzene rings is 2. The van der Waals surface area contributed by atoms with Crippen LogP contribution in [-0.2, 0) is 4.79 Å². The highest BCUT2D eigenvalue weighted by Gasteiger charge is 2.34. The van der Waals surface area contributed by atoms with Crippen LogP contribution >= 0.6 is 34.7 Å². The van der Waals surface area contributed by atoms with Gasteiger partial charge in [-0.15, -0.1) is 11.3 Å². The molecule has 2 aromatic carbocycles. The molecule has 5 nitrogen and oxygen atoms in total. The summed E-state index contributed by atoms with van der Waals surface area (Å²) in [6.07, 6.45) is 2.20. The number of carbonyl (C=O) groups is 1. The fourth-order valence-electron chi connectivity index (χ4n) is 3.38. The molecule has 2 aromatic heterocycles. The number of aromatic nitrogens is 1. The smallest absolute Gasteiger partial charge is 0.253 e. The topological polar surface area (TPSA) is 58.7 Å². The van der Waals surface area contributed by atoms with E-state index >= 15 is 0 Å². The lowest BCUT2D eigenvalue weighted by atomic mass is 10.0. The first-order valence-corrected chi connectivity index (χ1v) is 11.5. The molecule has 0 fully saturated rings. The van der Waals surface area contributed by atoms with Gasteiger partial charge in [-0.05, 0) is 42.0 Å². The van der Waals surface area contributed by atoms with E-state index in [0.29, 0.717) is 17.2 Å². The molecule has 1 atom stereocenters. The van der Waals surface area contributed by atoms with E-state index in [0.717, 1.165) is 25.8 Å². The van der Waals surface area contributed by atoms with Crippen LogP contribution in [0.5, 0.6) is 0 Å². The second-order valence-electron chi connectivity index (χ2n) is 6.77. The van der Waals surface area contributed by atoms with Gasteiger partial charge in [0, 0.05) is 11.4 Å². The Kier molecular flexibility index (Phi) is 5.33. The minimum absolute atomic E-state index is 0.0687. The third-order valence-corrected chi connectivity index (χ3v) is 7.24. The zero-order valence-electron chi connectivity index (χ0n) is 15.7. The Morgan fingerprint density at radius 1 is 1.17 bits per heavy atom. The van der Waals surface area contributed by atoms with Crippen LogP contribution in [0, 0.1) is 0 Å². The second kappa shape index (κ2) is 8.26. The number of thioether (sulfide) groups is 1. The minimum atomic E-state index is -0.189. The van der Waals surface area contributed by atoms with Crippen molar-refractivity contribution in [2.24, 2.45) is 5.10 Å². The molecule has 8 heteroatoms. The molecule has 1 unspecified atom stereocenters. The van der Waals surface area contributed by atoms with Crippen molar-refractivity contribution < 1.29 is 9.21 Å². The van der Waals surface area contributed by atoms with Gasteiger partial charge in [-0.1, -0.05) is 47.6 Å². The minimum Gasteiger partial charge on any atom is -0.463 e. The number of carbonyl (C=O) groups excluding carboxylic acids is 1. The summed E-state index contributed by atoms with van der Waals surface area (Å²) in [7, 11) is 0. The molecule has 0 N–H and O–H groups in total. The predicted molar refractivity (Wildman–Crippen MR) is 121 cm³/mol. The van der Waals surface area contributed by atoms with Gasteiger partial charge in [0.15, 0.2) is 4.34 Å². The molecule has 0 spiro atoms. The van der Waals surface area contributed by atoms with Gasteiger partial charge in [0.25, 0.3) is 5.91 Å². The Hall–Kier alpha value is -2.61. The number of hydrogen-bond donors (Lipinski definition) is 0. The maximum atomic E-state index is 13.1. The molecule has 1 aliphatic heterocycles. The Morgan fingerprint density at radius 3 is 2.77 bits per heavy atom. The van der Waals surface area contributed by atoms with Crippen molar-refractivity contribution in [2.75, 3.05) is 5.75 Å². The first-order chi connectivity index (χ1) is 14.7. The molecule has 0 aliphatic carbocycles. The SMILES string of the molecule is O=C(CSc1nc2ccccc2s1)N1N=C(c2ccco2)CC1c1ccc(Cl)cc1. The maximum Gasteiger partial charge on any atom is 0.253 e. The lowest BCUT2D eigenvalue weighted by Crippen LogP contribution is -2.28. The number of hydrogen-bond acceptors (Lipinski definition) is 6. The first kappa shape index (κ1) is 19.4. The monoisotopic (exact) mass is 453 g/mol. The van der Waals surface area contributed by atoms with Gasteiger partial charge in [-0.2, -0.15) is 5.10 Å². The lowest BCUT2D eigenvalue weighted by molar-refractivity contribution is -0.130. The fourth-order valence-corrected chi connectivity index (χ4v) is 5.43. The summed E-state index contributed by atoms with van der Waals surface area (Å²) in [5.41, 5.74) is 2.71. The van der Waals surface area contributed by atoms with Crippen LogP contribution in [0.3, 0.4) is 0 Å². The molecule has 0 saturated carbocycles. The number of para-hydroxylation sites is 1. The van der Waals surface area contributed by atoms with Crippen LogP contribution in [0.1, 0.15) is 23.8 Å². The van der Waals surface area contributed by atoms with Crippen LogP contribution in [0.4, 0.5) is 0 Å². The van der Waals surface area contributed by atoms with E-state index < -0.39 is 0 Å². The number of thiazole rings is 1. The standard InChI is InChI=1S/C22H16ClN3O2S2/c23-15-9-7-14(8-10-15)18-12-17(19-5-3-11-28-19)25-26(18)21(27)13-29-22-24-16-4-1-2-6-20(16)30-22/h1-11,18H,12-13H2. The average molecular weight is 454 g/mol. The molecule has 0 saturated heterocycles. The van der Waals surface area contributed by atoms with Crippen molar-refractivity contribution >= 4 is 56.5 Å². The molecular formula is C22H16ClN3O2S2. The number of rotatable bonds is 5. The van der Waals surface area contributed by atoms with Gasteiger partial charge < -0.3 is 4.42 Å². The van der Waals surface area contributed by atoms with Crippen molar-refractivity contribution in [3.8, 4) is 0 Å². The van der Waals surface area contributed by atoms with E-state index in [-0.39, 0.29) is 17.7 Å². The normalized spacial score (nSPS) is 16.2. The van der Waals surface area contributed by atoms with Crippen LogP contribution < -0.4 is 0 Å². The number of nitrogens with zero attached hydrogens (tertiary/aromatic N) is 3. The van der Waals surface area contributed by atoms with E-state index in [2.05, 4.69) is 10.1 Å². The molecule has 150 valence electrons. The molecular weight excluding hydrogens is 438 g/mol. The number of furan rings is 1. The lowest BCUT2D eigenvalue weighted by Gasteiger charge is -2.21. The highest BCUT2D eigenvalue weighted by Crippen LogP contribution is 2.35. The predicted octanol–water partition coefficient (Wildman–Crippen LogP) is 6.01. The second-order valence-corrected chi connectivity index (χ2v) is 9.46. The fraction of sp³-hybridized carbons (Fsp3) is 0.136. The van der Waals surface area contributed by atoms with Crippen LogP contribution in [0.2, 0.25) is 5.02 Å². The van der Waals surface area contributed by atoms with E-state index in [1.54, 1.807) is 22.6 Å². The van der Waals surface area contributed by atoms with E-state index in [1.807, 2.05) is 60.7 Å². The van der Waals surface area contributed by atoms with Crippen LogP contribution in [0.15, 0.2) is 80.8 Å². The van der Waals surface area contributed by atoms with Crippen LogP contribution in [0.25, 0.3) is 10.2 Å². The van der Waals surface area contributed by atoms with Crippen molar-refractivity contribution in [3.05, 3.63) is 83.3 Å². The van der Waals surface area contributed by atoms with Crippen molar-refractivity contribution in [1.82, 2.24) is 9.99 Å². The summed E-state index contributed by atoms with van der Waals surface area (Å²) >= 11 is 9.08. The molecule has 4 aromatic rings. The maximum absolute atomic E-state index is 13.1. The van der Waals surface area contributed by atoms with Crippen molar-refractivity contribution in [3.63, 3.8) is 0 Å². The Bertz CT molecular complexity index is 1190. The summed E-state index contributed by atoms with van der Waals surface area (Å²) < 4.78 is 7.50. The van der Waals surface area contributed by atoms with E-state index in [9.17, 15) is 4.79 Å². The van der Waals surface area contributed by atoms with E-state index in [4.69, 9.17) is 16.0 Å². The Balaban J connectivity index is 1.37.